The second kappa shape index (κ2) is 10.0. The number of benzene rings is 1. The first kappa shape index (κ1) is 23.4. The number of piperidine rings is 1. The Morgan fingerprint density at radius 1 is 1.12 bits per heavy atom. The van der Waals surface area contributed by atoms with E-state index < -0.39 is 6.04 Å². The van der Waals surface area contributed by atoms with Gasteiger partial charge in [-0.2, -0.15) is 11.8 Å². The molecule has 2 bridgehead atoms. The lowest BCUT2D eigenvalue weighted by molar-refractivity contribution is -0.118. The van der Waals surface area contributed by atoms with E-state index in [-0.39, 0.29) is 29.3 Å². The number of carbonyl (C=O) groups is 2. The number of carbonyl (C=O) groups excluding carboxylic acids is 2. The molecule has 33 heavy (non-hydrogen) atoms. The summed E-state index contributed by atoms with van der Waals surface area (Å²) in [7, 11) is 0. The summed E-state index contributed by atoms with van der Waals surface area (Å²) in [6, 6.07) is 10.4. The first-order chi connectivity index (χ1) is 15.9. The highest BCUT2D eigenvalue weighted by molar-refractivity contribution is 7.98. The SMILES string of the molecule is CSCC[C@H](NC(=O)N1C[C@@H]2C[C@H](C1)c1cccc(=O)n1C2)C(=O)Nc1ccc(C)c(C)c1. The molecule has 4 rings (SSSR count). The van der Waals surface area contributed by atoms with Crippen LogP contribution < -0.4 is 16.2 Å². The van der Waals surface area contributed by atoms with Gasteiger partial charge in [0.1, 0.15) is 6.04 Å². The van der Waals surface area contributed by atoms with Gasteiger partial charge in [-0.3, -0.25) is 9.59 Å². The van der Waals surface area contributed by atoms with E-state index in [1.54, 1.807) is 23.9 Å². The molecule has 176 valence electrons. The van der Waals surface area contributed by atoms with Crippen LogP contribution in [0, 0.1) is 19.8 Å². The van der Waals surface area contributed by atoms with Crippen LogP contribution in [0.4, 0.5) is 10.5 Å². The number of aromatic nitrogens is 1. The highest BCUT2D eigenvalue weighted by atomic mass is 32.2. The predicted octanol–water partition coefficient (Wildman–Crippen LogP) is 3.35. The molecule has 1 saturated heterocycles. The molecule has 2 aromatic rings. The van der Waals surface area contributed by atoms with Crippen molar-refractivity contribution in [1.82, 2.24) is 14.8 Å². The number of fused-ring (bicyclic) bond motifs is 4. The van der Waals surface area contributed by atoms with Crippen LogP contribution in [-0.2, 0) is 11.3 Å². The number of nitrogens with one attached hydrogen (secondary N) is 2. The first-order valence-corrected chi connectivity index (χ1v) is 12.9. The van der Waals surface area contributed by atoms with Crippen molar-refractivity contribution in [3.8, 4) is 0 Å². The summed E-state index contributed by atoms with van der Waals surface area (Å²) in [5.41, 5.74) is 4.04. The molecule has 1 aromatic carbocycles. The lowest BCUT2D eigenvalue weighted by Crippen LogP contribution is -2.55. The zero-order valence-electron chi connectivity index (χ0n) is 19.5. The van der Waals surface area contributed by atoms with Crippen molar-refractivity contribution < 1.29 is 9.59 Å². The second-order valence-electron chi connectivity index (χ2n) is 9.17. The molecule has 1 aromatic heterocycles. The highest BCUT2D eigenvalue weighted by Gasteiger charge is 2.37. The molecule has 0 radical (unpaired) electrons. The topological polar surface area (TPSA) is 83.4 Å². The van der Waals surface area contributed by atoms with Crippen molar-refractivity contribution in [2.45, 2.75) is 45.2 Å². The van der Waals surface area contributed by atoms with Gasteiger partial charge in [0, 0.05) is 43.0 Å². The van der Waals surface area contributed by atoms with Crippen LogP contribution in [0.15, 0.2) is 41.2 Å². The number of rotatable bonds is 6. The van der Waals surface area contributed by atoms with Gasteiger partial charge in [0.05, 0.1) is 0 Å². The van der Waals surface area contributed by atoms with Gasteiger partial charge >= 0.3 is 6.03 Å². The number of thioether (sulfide) groups is 1. The average Bonchev–Trinajstić information content (AvgIpc) is 2.79. The molecule has 2 N–H and O–H groups in total. The fourth-order valence-corrected chi connectivity index (χ4v) is 5.33. The van der Waals surface area contributed by atoms with Crippen LogP contribution in [0.5, 0.6) is 0 Å². The fourth-order valence-electron chi connectivity index (χ4n) is 4.86. The maximum atomic E-state index is 13.2. The van der Waals surface area contributed by atoms with E-state index >= 15 is 0 Å². The van der Waals surface area contributed by atoms with Crippen LogP contribution in [-0.4, -0.2) is 52.5 Å². The number of urea groups is 1. The van der Waals surface area contributed by atoms with E-state index in [4.69, 9.17) is 0 Å². The minimum Gasteiger partial charge on any atom is -0.326 e. The summed E-state index contributed by atoms with van der Waals surface area (Å²) in [6.07, 6.45) is 3.53. The maximum absolute atomic E-state index is 13.2. The smallest absolute Gasteiger partial charge is 0.318 e. The van der Waals surface area contributed by atoms with E-state index in [0.29, 0.717) is 26.1 Å². The normalized spacial score (nSPS) is 20.0. The summed E-state index contributed by atoms with van der Waals surface area (Å²) in [5.74, 6) is 0.962. The molecule has 7 nitrogen and oxygen atoms in total. The van der Waals surface area contributed by atoms with Crippen molar-refractivity contribution >= 4 is 29.4 Å². The van der Waals surface area contributed by atoms with Crippen LogP contribution in [0.2, 0.25) is 0 Å². The minimum absolute atomic E-state index is 0.0280. The van der Waals surface area contributed by atoms with Gasteiger partial charge in [-0.05, 0) is 73.9 Å². The number of anilines is 1. The minimum atomic E-state index is -0.608. The molecule has 3 heterocycles. The van der Waals surface area contributed by atoms with Crippen molar-refractivity contribution in [3.63, 3.8) is 0 Å². The van der Waals surface area contributed by atoms with Gasteiger partial charge in [-0.15, -0.1) is 0 Å². The van der Waals surface area contributed by atoms with Gasteiger partial charge in [0.25, 0.3) is 5.56 Å². The number of aryl methyl sites for hydroxylation is 2. The zero-order chi connectivity index (χ0) is 23.5. The summed E-state index contributed by atoms with van der Waals surface area (Å²) in [6.45, 7) is 5.83. The Balaban J connectivity index is 1.44. The summed E-state index contributed by atoms with van der Waals surface area (Å²) in [5, 5.41) is 5.95. The fraction of sp³-hybridized carbons (Fsp3) is 0.480. The quantitative estimate of drug-likeness (QED) is 0.681. The Labute approximate surface area is 198 Å². The number of pyridine rings is 1. The number of amides is 3. The van der Waals surface area contributed by atoms with Crippen molar-refractivity contribution in [2.24, 2.45) is 5.92 Å². The number of hydrogen-bond acceptors (Lipinski definition) is 4. The van der Waals surface area contributed by atoms with Gasteiger partial charge in [0.2, 0.25) is 5.91 Å². The van der Waals surface area contributed by atoms with Crippen LogP contribution >= 0.6 is 11.8 Å². The van der Waals surface area contributed by atoms with Crippen molar-refractivity contribution in [3.05, 3.63) is 63.6 Å². The highest BCUT2D eigenvalue weighted by Crippen LogP contribution is 2.34. The van der Waals surface area contributed by atoms with Gasteiger partial charge in [-0.1, -0.05) is 12.1 Å². The second-order valence-corrected chi connectivity index (χ2v) is 10.2. The lowest BCUT2D eigenvalue weighted by Gasteiger charge is -2.43. The van der Waals surface area contributed by atoms with E-state index in [9.17, 15) is 14.4 Å². The molecular weight excluding hydrogens is 436 g/mol. The van der Waals surface area contributed by atoms with E-state index in [0.717, 1.165) is 29.1 Å². The Morgan fingerprint density at radius 2 is 1.94 bits per heavy atom. The summed E-state index contributed by atoms with van der Waals surface area (Å²) in [4.78, 5) is 40.3. The molecular formula is C25H32N4O3S. The Morgan fingerprint density at radius 3 is 2.70 bits per heavy atom. The van der Waals surface area contributed by atoms with Gasteiger partial charge in [0.15, 0.2) is 0 Å². The molecule has 2 aliphatic heterocycles. The molecule has 3 atom stereocenters. The maximum Gasteiger partial charge on any atom is 0.318 e. The van der Waals surface area contributed by atoms with E-state index in [1.165, 1.54) is 5.56 Å². The van der Waals surface area contributed by atoms with Crippen molar-refractivity contribution in [2.75, 3.05) is 30.4 Å². The third-order valence-electron chi connectivity index (χ3n) is 6.77. The molecule has 3 amide bonds. The van der Waals surface area contributed by atoms with Gasteiger partial charge < -0.3 is 20.1 Å². The molecule has 0 unspecified atom stereocenters. The first-order valence-electron chi connectivity index (χ1n) is 11.5. The Kier molecular flexibility index (Phi) is 7.12. The Hall–Kier alpha value is -2.74. The molecule has 1 fully saturated rings. The number of nitrogens with zero attached hydrogens (tertiary/aromatic N) is 2. The van der Waals surface area contributed by atoms with Gasteiger partial charge in [-0.25, -0.2) is 4.79 Å². The molecule has 2 aliphatic rings. The third-order valence-corrected chi connectivity index (χ3v) is 7.41. The summed E-state index contributed by atoms with van der Waals surface area (Å²) < 4.78 is 1.85. The van der Waals surface area contributed by atoms with Crippen molar-refractivity contribution in [1.29, 1.82) is 0 Å². The van der Waals surface area contributed by atoms with E-state index in [1.807, 2.05) is 53.8 Å². The largest absolute Gasteiger partial charge is 0.326 e. The van der Waals surface area contributed by atoms with Crippen LogP contribution in [0.25, 0.3) is 0 Å². The monoisotopic (exact) mass is 468 g/mol. The zero-order valence-corrected chi connectivity index (χ0v) is 20.3. The molecule has 0 aliphatic carbocycles. The predicted molar refractivity (Wildman–Crippen MR) is 133 cm³/mol. The lowest BCUT2D eigenvalue weighted by atomic mass is 9.83. The van der Waals surface area contributed by atoms with E-state index in [2.05, 4.69) is 10.6 Å². The third kappa shape index (κ3) is 5.27. The summed E-state index contributed by atoms with van der Waals surface area (Å²) >= 11 is 1.65. The van der Waals surface area contributed by atoms with Crippen LogP contribution in [0.3, 0.4) is 0 Å². The standard InChI is InChI=1S/C25H32N4O3S/c1-16-7-8-20(11-17(16)2)26-24(31)21(9-10-33-3)27-25(32)28-13-18-12-19(15-28)22-5-4-6-23(30)29(22)14-18/h4-8,11,18-19,21H,9-10,12-15H2,1-3H3,(H,26,31)(H,27,32)/t18-,19+,21-/m0/s1. The number of likely N-dealkylation sites (tertiary alicyclic amines) is 1. The average molecular weight is 469 g/mol. The number of hydrogen-bond donors (Lipinski definition) is 2. The molecule has 0 spiro atoms. The Bertz CT molecular complexity index is 1100. The molecule has 0 saturated carbocycles. The molecule has 8 heteroatoms. The van der Waals surface area contributed by atoms with Crippen LogP contribution in [0.1, 0.15) is 35.6 Å².